The Morgan fingerprint density at radius 3 is 2.35 bits per heavy atom. The molecule has 2 aliphatic heterocycles. The highest BCUT2D eigenvalue weighted by atomic mass is 16.5. The van der Waals surface area contributed by atoms with Crippen molar-refractivity contribution in [1.29, 1.82) is 0 Å². The molecule has 140 valence electrons. The summed E-state index contributed by atoms with van der Waals surface area (Å²) in [7, 11) is 0. The molecule has 1 aliphatic carbocycles. The molecule has 2 heterocycles. The lowest BCUT2D eigenvalue weighted by atomic mass is 9.93. The average Bonchev–Trinajstić information content (AvgIpc) is 3.44. The van der Waals surface area contributed by atoms with E-state index in [1.807, 2.05) is 4.90 Å². The summed E-state index contributed by atoms with van der Waals surface area (Å²) in [6.45, 7) is 4.73. The van der Waals surface area contributed by atoms with Gasteiger partial charge in [-0.1, -0.05) is 29.8 Å². The minimum Gasteiger partial charge on any atom is -0.381 e. The second kappa shape index (κ2) is 7.39. The van der Waals surface area contributed by atoms with E-state index in [0.717, 1.165) is 25.7 Å². The molecule has 2 saturated heterocycles. The quantitative estimate of drug-likeness (QED) is 0.900. The molecule has 0 radical (unpaired) electrons. The summed E-state index contributed by atoms with van der Waals surface area (Å²) in [4.78, 5) is 27.3. The number of nitrogens with zero attached hydrogens (tertiary/aromatic N) is 1. The van der Waals surface area contributed by atoms with E-state index in [1.165, 1.54) is 11.1 Å². The third-order valence-corrected chi connectivity index (χ3v) is 5.98. The second-order valence-corrected chi connectivity index (χ2v) is 8.04. The fraction of sp³-hybridized carbons (Fsp3) is 0.619. The molecule has 3 aliphatic rings. The van der Waals surface area contributed by atoms with Crippen molar-refractivity contribution in [2.45, 2.75) is 44.6 Å². The Bertz CT molecular complexity index is 662. The molecule has 1 aromatic rings. The normalized spacial score (nSPS) is 26.7. The largest absolute Gasteiger partial charge is 0.381 e. The summed E-state index contributed by atoms with van der Waals surface area (Å²) in [6.07, 6.45) is 3.62. The molecule has 5 heteroatoms. The third kappa shape index (κ3) is 3.78. The van der Waals surface area contributed by atoms with Crippen LogP contribution in [0.15, 0.2) is 24.3 Å². The van der Waals surface area contributed by atoms with Crippen molar-refractivity contribution >= 4 is 11.8 Å². The minimum absolute atomic E-state index is 0.00889. The standard InChI is InChI=1S/C21H28N2O3/c1-14-2-4-15(5-3-14)18-12-23(21(25)17-8-10-26-11-9-17)13-19(18)22-20(24)16-6-7-16/h2-5,16-19H,6-13H2,1H3,(H,22,24). The van der Waals surface area contributed by atoms with E-state index in [9.17, 15) is 9.59 Å². The molecule has 3 fully saturated rings. The van der Waals surface area contributed by atoms with Gasteiger partial charge in [-0.05, 0) is 38.2 Å². The number of benzene rings is 1. The van der Waals surface area contributed by atoms with Crippen molar-refractivity contribution in [3.05, 3.63) is 35.4 Å². The van der Waals surface area contributed by atoms with Gasteiger partial charge in [0.05, 0.1) is 6.04 Å². The predicted molar refractivity (Wildman–Crippen MR) is 98.7 cm³/mol. The first-order valence-corrected chi connectivity index (χ1v) is 9.85. The molecule has 1 saturated carbocycles. The first-order valence-electron chi connectivity index (χ1n) is 9.85. The van der Waals surface area contributed by atoms with Gasteiger partial charge in [0, 0.05) is 44.1 Å². The van der Waals surface area contributed by atoms with Crippen LogP contribution in [-0.4, -0.2) is 49.1 Å². The minimum atomic E-state index is 0.00889. The van der Waals surface area contributed by atoms with E-state index in [4.69, 9.17) is 4.74 Å². The van der Waals surface area contributed by atoms with Crippen molar-refractivity contribution in [3.63, 3.8) is 0 Å². The van der Waals surface area contributed by atoms with Gasteiger partial charge >= 0.3 is 0 Å². The van der Waals surface area contributed by atoms with Crippen LogP contribution in [-0.2, 0) is 14.3 Å². The number of nitrogens with one attached hydrogen (secondary N) is 1. The van der Waals surface area contributed by atoms with Gasteiger partial charge in [0.15, 0.2) is 0 Å². The lowest BCUT2D eigenvalue weighted by molar-refractivity contribution is -0.137. The van der Waals surface area contributed by atoms with Crippen LogP contribution in [0.5, 0.6) is 0 Å². The molecule has 0 spiro atoms. The molecule has 2 atom stereocenters. The SMILES string of the molecule is Cc1ccc(C2CN(C(=O)C3CCOCC3)CC2NC(=O)C2CC2)cc1. The molecule has 1 aromatic carbocycles. The molecule has 26 heavy (non-hydrogen) atoms. The lowest BCUT2D eigenvalue weighted by Crippen LogP contribution is -2.42. The molecule has 1 N–H and O–H groups in total. The van der Waals surface area contributed by atoms with Crippen LogP contribution in [0.3, 0.4) is 0 Å². The summed E-state index contributed by atoms with van der Waals surface area (Å²) in [5.41, 5.74) is 2.43. The second-order valence-electron chi connectivity index (χ2n) is 8.04. The maximum atomic E-state index is 13.0. The summed E-state index contributed by atoms with van der Waals surface area (Å²) < 4.78 is 5.39. The Balaban J connectivity index is 1.50. The maximum Gasteiger partial charge on any atom is 0.225 e. The summed E-state index contributed by atoms with van der Waals surface area (Å²) in [5.74, 6) is 0.817. The van der Waals surface area contributed by atoms with Gasteiger partial charge in [-0.3, -0.25) is 9.59 Å². The van der Waals surface area contributed by atoms with E-state index in [2.05, 4.69) is 36.5 Å². The number of rotatable bonds is 4. The number of amides is 2. The fourth-order valence-corrected chi connectivity index (χ4v) is 4.13. The van der Waals surface area contributed by atoms with Crippen molar-refractivity contribution in [2.24, 2.45) is 11.8 Å². The molecule has 2 unspecified atom stereocenters. The van der Waals surface area contributed by atoms with Crippen LogP contribution in [0.25, 0.3) is 0 Å². The molecular weight excluding hydrogens is 328 g/mol. The number of aryl methyl sites for hydroxylation is 1. The van der Waals surface area contributed by atoms with E-state index in [1.54, 1.807) is 0 Å². The van der Waals surface area contributed by atoms with Gasteiger partial charge in [0.25, 0.3) is 0 Å². The van der Waals surface area contributed by atoms with Crippen molar-refractivity contribution in [3.8, 4) is 0 Å². The van der Waals surface area contributed by atoms with Crippen molar-refractivity contribution in [1.82, 2.24) is 10.2 Å². The van der Waals surface area contributed by atoms with Gasteiger partial charge in [-0.2, -0.15) is 0 Å². The Labute approximate surface area is 155 Å². The Hall–Kier alpha value is -1.88. The van der Waals surface area contributed by atoms with Crippen LogP contribution >= 0.6 is 0 Å². The highest BCUT2D eigenvalue weighted by Gasteiger charge is 2.41. The highest BCUT2D eigenvalue weighted by Crippen LogP contribution is 2.33. The van der Waals surface area contributed by atoms with Gasteiger partial charge in [0.2, 0.25) is 11.8 Å². The molecule has 4 rings (SSSR count). The summed E-state index contributed by atoms with van der Waals surface area (Å²) in [5, 5.41) is 3.23. The van der Waals surface area contributed by atoms with Gasteiger partial charge in [-0.15, -0.1) is 0 Å². The number of hydrogen-bond acceptors (Lipinski definition) is 3. The Kier molecular flexibility index (Phi) is 4.98. The van der Waals surface area contributed by atoms with Crippen molar-refractivity contribution < 1.29 is 14.3 Å². The summed E-state index contributed by atoms with van der Waals surface area (Å²) >= 11 is 0. The van der Waals surface area contributed by atoms with Crippen LogP contribution < -0.4 is 5.32 Å². The summed E-state index contributed by atoms with van der Waals surface area (Å²) in [6, 6.07) is 8.50. The number of hydrogen-bond donors (Lipinski definition) is 1. The van der Waals surface area contributed by atoms with E-state index in [-0.39, 0.29) is 35.6 Å². The fourth-order valence-electron chi connectivity index (χ4n) is 4.13. The van der Waals surface area contributed by atoms with Crippen LogP contribution in [0.4, 0.5) is 0 Å². The van der Waals surface area contributed by atoms with Crippen molar-refractivity contribution in [2.75, 3.05) is 26.3 Å². The molecule has 0 aromatic heterocycles. The number of carbonyl (C=O) groups is 2. The third-order valence-electron chi connectivity index (χ3n) is 5.98. The molecule has 2 amide bonds. The first-order chi connectivity index (χ1) is 12.6. The number of carbonyl (C=O) groups excluding carboxylic acids is 2. The lowest BCUT2D eigenvalue weighted by Gasteiger charge is -2.26. The monoisotopic (exact) mass is 356 g/mol. The molecule has 5 nitrogen and oxygen atoms in total. The number of ether oxygens (including phenoxy) is 1. The van der Waals surface area contributed by atoms with E-state index >= 15 is 0 Å². The Morgan fingerprint density at radius 2 is 1.69 bits per heavy atom. The predicted octanol–water partition coefficient (Wildman–Crippen LogP) is 2.24. The van der Waals surface area contributed by atoms with E-state index < -0.39 is 0 Å². The molecular formula is C21H28N2O3. The highest BCUT2D eigenvalue weighted by molar-refractivity contribution is 5.82. The number of likely N-dealkylation sites (tertiary alicyclic amines) is 1. The zero-order valence-electron chi connectivity index (χ0n) is 15.4. The Morgan fingerprint density at radius 1 is 1.00 bits per heavy atom. The van der Waals surface area contributed by atoms with Gasteiger partial charge in [0.1, 0.15) is 0 Å². The van der Waals surface area contributed by atoms with E-state index in [0.29, 0.717) is 26.3 Å². The maximum absolute atomic E-state index is 13.0. The smallest absolute Gasteiger partial charge is 0.225 e. The van der Waals surface area contributed by atoms with Crippen LogP contribution in [0.1, 0.15) is 42.7 Å². The average molecular weight is 356 g/mol. The zero-order valence-corrected chi connectivity index (χ0v) is 15.4. The molecule has 0 bridgehead atoms. The van der Waals surface area contributed by atoms with Crippen LogP contribution in [0.2, 0.25) is 0 Å². The van der Waals surface area contributed by atoms with Gasteiger partial charge in [-0.25, -0.2) is 0 Å². The zero-order chi connectivity index (χ0) is 18.1. The van der Waals surface area contributed by atoms with Gasteiger partial charge < -0.3 is 15.0 Å². The topological polar surface area (TPSA) is 58.6 Å². The first kappa shape index (κ1) is 17.5. The van der Waals surface area contributed by atoms with Crippen LogP contribution in [0, 0.1) is 18.8 Å².